The molecule has 0 radical (unpaired) electrons. The van der Waals surface area contributed by atoms with Crippen LogP contribution in [0.15, 0.2) is 24.3 Å². The van der Waals surface area contributed by atoms with Crippen molar-refractivity contribution in [3.63, 3.8) is 0 Å². The Hall–Kier alpha value is -1.49. The van der Waals surface area contributed by atoms with Crippen molar-refractivity contribution in [1.29, 1.82) is 0 Å². The lowest BCUT2D eigenvalue weighted by Crippen LogP contribution is -2.26. The number of aryl methyl sites for hydroxylation is 1. The Morgan fingerprint density at radius 1 is 1.19 bits per heavy atom. The number of carbonyl (C=O) groups excluding carboxylic acids is 2. The van der Waals surface area contributed by atoms with Crippen LogP contribution in [0.1, 0.15) is 42.6 Å². The molecule has 0 saturated heterocycles. The summed E-state index contributed by atoms with van der Waals surface area (Å²) in [5.74, 6) is -1.04. The molecule has 0 saturated carbocycles. The molecule has 0 fully saturated rings. The van der Waals surface area contributed by atoms with Gasteiger partial charge in [0.1, 0.15) is 0 Å². The first-order chi connectivity index (χ1) is 10.1. The van der Waals surface area contributed by atoms with Crippen molar-refractivity contribution >= 4 is 23.7 Å². The molecule has 1 aromatic rings. The van der Waals surface area contributed by atoms with Gasteiger partial charge >= 0.3 is 11.9 Å². The summed E-state index contributed by atoms with van der Waals surface area (Å²) >= 11 is 1.14. The molecule has 0 aliphatic heterocycles. The van der Waals surface area contributed by atoms with Crippen LogP contribution in [0.5, 0.6) is 0 Å². The molecule has 0 aliphatic carbocycles. The molecule has 0 aromatic heterocycles. The van der Waals surface area contributed by atoms with E-state index in [1.54, 1.807) is 25.3 Å². The maximum absolute atomic E-state index is 12.0. The van der Waals surface area contributed by atoms with E-state index in [1.165, 1.54) is 5.56 Å². The first kappa shape index (κ1) is 17.6. The molecular weight excluding hydrogens is 288 g/mol. The number of hydrogen-bond acceptors (Lipinski definition) is 5. The fraction of sp³-hybridized carbons (Fsp3) is 0.500. The van der Waals surface area contributed by atoms with Crippen LogP contribution in [0.2, 0.25) is 0 Å². The van der Waals surface area contributed by atoms with Crippen LogP contribution < -0.4 is 0 Å². The highest BCUT2D eigenvalue weighted by atomic mass is 32.2. The molecule has 0 aliphatic rings. The van der Waals surface area contributed by atoms with E-state index in [9.17, 15) is 9.59 Å². The van der Waals surface area contributed by atoms with Crippen LogP contribution in [0, 0.1) is 0 Å². The quantitative estimate of drug-likeness (QED) is 0.544. The highest BCUT2D eigenvalue weighted by Gasteiger charge is 2.23. The summed E-state index contributed by atoms with van der Waals surface area (Å²) < 4.78 is 10.0. The average Bonchev–Trinajstić information content (AvgIpc) is 2.51. The van der Waals surface area contributed by atoms with E-state index in [4.69, 9.17) is 9.47 Å². The number of benzene rings is 1. The monoisotopic (exact) mass is 310 g/mol. The van der Waals surface area contributed by atoms with Gasteiger partial charge in [0, 0.05) is 0 Å². The number of hydrogen-bond donors (Lipinski definition) is 0. The molecule has 0 spiro atoms. The SMILES string of the molecule is CCCCc1ccc(C(=O)OC(SC)C(=O)OCC)cc1. The zero-order valence-electron chi connectivity index (χ0n) is 12.8. The predicted octanol–water partition coefficient (Wildman–Crippen LogP) is 3.44. The fourth-order valence-corrected chi connectivity index (χ4v) is 2.20. The van der Waals surface area contributed by atoms with E-state index in [-0.39, 0.29) is 6.61 Å². The number of rotatable bonds is 8. The Balaban J connectivity index is 2.63. The number of thioether (sulfide) groups is 1. The van der Waals surface area contributed by atoms with E-state index in [2.05, 4.69) is 6.92 Å². The molecule has 0 amide bonds. The van der Waals surface area contributed by atoms with Crippen LogP contribution >= 0.6 is 11.8 Å². The number of unbranched alkanes of at least 4 members (excludes halogenated alkanes) is 1. The first-order valence-corrected chi connectivity index (χ1v) is 8.40. The second kappa shape index (κ2) is 9.45. The van der Waals surface area contributed by atoms with Gasteiger partial charge in [-0.3, -0.25) is 0 Å². The van der Waals surface area contributed by atoms with Gasteiger partial charge in [-0.25, -0.2) is 9.59 Å². The van der Waals surface area contributed by atoms with Gasteiger partial charge in [-0.15, -0.1) is 11.8 Å². The van der Waals surface area contributed by atoms with E-state index in [0.717, 1.165) is 31.0 Å². The van der Waals surface area contributed by atoms with Gasteiger partial charge in [0.05, 0.1) is 12.2 Å². The summed E-state index contributed by atoms with van der Waals surface area (Å²) in [4.78, 5) is 23.6. The topological polar surface area (TPSA) is 52.6 Å². The van der Waals surface area contributed by atoms with Crippen LogP contribution in [-0.4, -0.2) is 30.2 Å². The lowest BCUT2D eigenvalue weighted by atomic mass is 10.1. The highest BCUT2D eigenvalue weighted by molar-refractivity contribution is 7.99. The minimum atomic E-state index is -0.919. The van der Waals surface area contributed by atoms with Crippen LogP contribution in [-0.2, 0) is 20.7 Å². The van der Waals surface area contributed by atoms with Gasteiger partial charge in [-0.05, 0) is 43.7 Å². The number of esters is 2. The van der Waals surface area contributed by atoms with Gasteiger partial charge in [0.15, 0.2) is 0 Å². The summed E-state index contributed by atoms with van der Waals surface area (Å²) in [5.41, 5.74) is 0.719. The molecule has 1 aromatic carbocycles. The van der Waals surface area contributed by atoms with Crippen molar-refractivity contribution < 1.29 is 19.1 Å². The Bertz CT molecular complexity index is 456. The van der Waals surface area contributed by atoms with Gasteiger partial charge in [0.2, 0.25) is 5.44 Å². The van der Waals surface area contributed by atoms with Gasteiger partial charge in [0.25, 0.3) is 0 Å². The summed E-state index contributed by atoms with van der Waals surface area (Å²) in [7, 11) is 0. The van der Waals surface area contributed by atoms with Crippen molar-refractivity contribution in [2.24, 2.45) is 0 Å². The third kappa shape index (κ3) is 5.79. The zero-order chi connectivity index (χ0) is 15.7. The lowest BCUT2D eigenvalue weighted by Gasteiger charge is -2.14. The van der Waals surface area contributed by atoms with Crippen molar-refractivity contribution in [3.8, 4) is 0 Å². The minimum absolute atomic E-state index is 0.263. The normalized spacial score (nSPS) is 11.8. The van der Waals surface area contributed by atoms with Gasteiger partial charge < -0.3 is 9.47 Å². The molecule has 1 unspecified atom stereocenters. The van der Waals surface area contributed by atoms with Gasteiger partial charge in [-0.1, -0.05) is 25.5 Å². The smallest absolute Gasteiger partial charge is 0.358 e. The number of carbonyl (C=O) groups is 2. The number of ether oxygens (including phenoxy) is 2. The zero-order valence-corrected chi connectivity index (χ0v) is 13.6. The Morgan fingerprint density at radius 3 is 2.38 bits per heavy atom. The maximum Gasteiger partial charge on any atom is 0.358 e. The highest BCUT2D eigenvalue weighted by Crippen LogP contribution is 2.15. The molecular formula is C16H22O4S. The molecule has 5 heteroatoms. The Labute approximate surface area is 130 Å². The summed E-state index contributed by atoms with van der Waals surface area (Å²) in [6, 6.07) is 7.31. The molecule has 4 nitrogen and oxygen atoms in total. The summed E-state index contributed by atoms with van der Waals surface area (Å²) in [5, 5.41) is 0. The molecule has 0 heterocycles. The molecule has 0 bridgehead atoms. The predicted molar refractivity (Wildman–Crippen MR) is 84.4 cm³/mol. The van der Waals surface area contributed by atoms with Crippen LogP contribution in [0.3, 0.4) is 0 Å². The molecule has 21 heavy (non-hydrogen) atoms. The van der Waals surface area contributed by atoms with Crippen molar-refractivity contribution in [1.82, 2.24) is 0 Å². The average molecular weight is 310 g/mol. The van der Waals surface area contributed by atoms with E-state index < -0.39 is 17.4 Å². The van der Waals surface area contributed by atoms with Crippen LogP contribution in [0.25, 0.3) is 0 Å². The first-order valence-electron chi connectivity index (χ1n) is 7.11. The summed E-state index contributed by atoms with van der Waals surface area (Å²) in [6.07, 6.45) is 4.96. The van der Waals surface area contributed by atoms with Crippen molar-refractivity contribution in [2.75, 3.05) is 12.9 Å². The second-order valence-electron chi connectivity index (χ2n) is 4.53. The largest absolute Gasteiger partial charge is 0.463 e. The fourth-order valence-electron chi connectivity index (χ4n) is 1.76. The molecule has 0 N–H and O–H groups in total. The summed E-state index contributed by atoms with van der Waals surface area (Å²) in [6.45, 7) is 4.12. The lowest BCUT2D eigenvalue weighted by molar-refractivity contribution is -0.148. The third-order valence-electron chi connectivity index (χ3n) is 2.92. The standard InChI is InChI=1S/C16H22O4S/c1-4-6-7-12-8-10-13(11-9-12)14(17)20-16(21-3)15(18)19-5-2/h8-11,16H,4-7H2,1-3H3. The second-order valence-corrected chi connectivity index (χ2v) is 5.43. The van der Waals surface area contributed by atoms with Crippen molar-refractivity contribution in [3.05, 3.63) is 35.4 Å². The molecule has 1 atom stereocenters. The van der Waals surface area contributed by atoms with Crippen LogP contribution in [0.4, 0.5) is 0 Å². The van der Waals surface area contributed by atoms with E-state index >= 15 is 0 Å². The van der Waals surface area contributed by atoms with Gasteiger partial charge in [-0.2, -0.15) is 0 Å². The Morgan fingerprint density at radius 2 is 1.86 bits per heavy atom. The third-order valence-corrected chi connectivity index (χ3v) is 3.63. The Kier molecular flexibility index (Phi) is 7.90. The maximum atomic E-state index is 12.0. The van der Waals surface area contributed by atoms with E-state index in [0.29, 0.717) is 5.56 Å². The molecule has 1 rings (SSSR count). The van der Waals surface area contributed by atoms with E-state index in [1.807, 2.05) is 12.1 Å². The van der Waals surface area contributed by atoms with Crippen molar-refractivity contribution in [2.45, 2.75) is 38.5 Å². The molecule has 116 valence electrons. The minimum Gasteiger partial charge on any atom is -0.463 e.